The fraction of sp³-hybridized carbons (Fsp3) is 0.167. The lowest BCUT2D eigenvalue weighted by atomic mass is 10.2. The number of aromatic nitrogens is 2. The minimum atomic E-state index is -0.246. The number of hydrogen-bond acceptors (Lipinski definition) is 3. The zero-order valence-electron chi connectivity index (χ0n) is 9.91. The third-order valence-electron chi connectivity index (χ3n) is 2.55. The Morgan fingerprint density at radius 3 is 2.84 bits per heavy atom. The molecule has 7 heteroatoms. The number of aromatic amines is 1. The third-order valence-corrected chi connectivity index (χ3v) is 3.37. The van der Waals surface area contributed by atoms with Crippen molar-refractivity contribution in [2.24, 2.45) is 0 Å². The van der Waals surface area contributed by atoms with Gasteiger partial charge >= 0.3 is 0 Å². The molecule has 0 radical (unpaired) electrons. The van der Waals surface area contributed by atoms with E-state index in [1.807, 2.05) is 0 Å². The Morgan fingerprint density at radius 2 is 2.21 bits per heavy atom. The first-order valence-corrected chi connectivity index (χ1v) is 6.33. The first-order valence-electron chi connectivity index (χ1n) is 5.58. The molecule has 1 heterocycles. The molecule has 0 aliphatic heterocycles. The van der Waals surface area contributed by atoms with Gasteiger partial charge in [-0.25, -0.2) is 4.98 Å². The number of amides is 1. The summed E-state index contributed by atoms with van der Waals surface area (Å²) in [4.78, 5) is 18.7. The highest BCUT2D eigenvalue weighted by molar-refractivity contribution is 6.43. The number of halogens is 2. The highest BCUT2D eigenvalue weighted by Gasteiger charge is 2.10. The summed E-state index contributed by atoms with van der Waals surface area (Å²) in [7, 11) is 0. The molecule has 4 N–H and O–H groups in total. The van der Waals surface area contributed by atoms with Gasteiger partial charge in [0.25, 0.3) is 5.91 Å². The van der Waals surface area contributed by atoms with Crippen LogP contribution in [-0.2, 0) is 6.42 Å². The summed E-state index contributed by atoms with van der Waals surface area (Å²) in [6.07, 6.45) is 3.97. The molecule has 19 heavy (non-hydrogen) atoms. The van der Waals surface area contributed by atoms with E-state index in [9.17, 15) is 4.79 Å². The van der Waals surface area contributed by atoms with E-state index in [0.29, 0.717) is 18.5 Å². The van der Waals surface area contributed by atoms with Crippen molar-refractivity contribution in [3.05, 3.63) is 46.0 Å². The molecular weight excluding hydrogens is 287 g/mol. The predicted molar refractivity (Wildman–Crippen MR) is 75.5 cm³/mol. The lowest BCUT2D eigenvalue weighted by Gasteiger charge is -2.07. The molecule has 1 aromatic heterocycles. The van der Waals surface area contributed by atoms with E-state index in [1.165, 1.54) is 12.1 Å². The zero-order chi connectivity index (χ0) is 13.8. The Balaban J connectivity index is 1.96. The van der Waals surface area contributed by atoms with Crippen LogP contribution >= 0.6 is 23.2 Å². The molecule has 0 aliphatic carbocycles. The molecule has 100 valence electrons. The first kappa shape index (κ1) is 13.7. The third kappa shape index (κ3) is 3.39. The van der Waals surface area contributed by atoms with Gasteiger partial charge in [-0.05, 0) is 12.1 Å². The van der Waals surface area contributed by atoms with Gasteiger partial charge in [0.15, 0.2) is 0 Å². The number of carbonyl (C=O) groups is 1. The number of anilines is 1. The van der Waals surface area contributed by atoms with Crippen LogP contribution in [-0.4, -0.2) is 22.4 Å². The normalized spacial score (nSPS) is 10.4. The number of nitrogens with two attached hydrogens (primary N) is 1. The predicted octanol–water partition coefficient (Wildman–Crippen LogP) is 2.27. The molecule has 0 saturated heterocycles. The van der Waals surface area contributed by atoms with Gasteiger partial charge in [-0.3, -0.25) is 4.79 Å². The Morgan fingerprint density at radius 1 is 1.42 bits per heavy atom. The van der Waals surface area contributed by atoms with Crippen molar-refractivity contribution >= 4 is 34.8 Å². The molecule has 5 nitrogen and oxygen atoms in total. The Labute approximate surface area is 120 Å². The van der Waals surface area contributed by atoms with E-state index in [4.69, 9.17) is 28.9 Å². The second-order valence-corrected chi connectivity index (χ2v) is 4.73. The molecule has 2 aromatic rings. The largest absolute Gasteiger partial charge is 0.397 e. The van der Waals surface area contributed by atoms with Crippen molar-refractivity contribution in [3.63, 3.8) is 0 Å². The number of imidazole rings is 1. The fourth-order valence-electron chi connectivity index (χ4n) is 1.58. The van der Waals surface area contributed by atoms with Gasteiger partial charge < -0.3 is 16.0 Å². The Bertz CT molecular complexity index is 560. The van der Waals surface area contributed by atoms with Crippen molar-refractivity contribution in [3.8, 4) is 0 Å². The average molecular weight is 299 g/mol. The van der Waals surface area contributed by atoms with Gasteiger partial charge in [0.1, 0.15) is 0 Å². The van der Waals surface area contributed by atoms with E-state index in [0.717, 1.165) is 5.69 Å². The van der Waals surface area contributed by atoms with Crippen molar-refractivity contribution in [2.45, 2.75) is 6.42 Å². The molecule has 2 rings (SSSR count). The minimum Gasteiger partial charge on any atom is -0.397 e. The van der Waals surface area contributed by atoms with E-state index in [2.05, 4.69) is 15.3 Å². The molecule has 0 aliphatic rings. The summed E-state index contributed by atoms with van der Waals surface area (Å²) in [6, 6.07) is 2.99. The Kier molecular flexibility index (Phi) is 4.29. The maximum atomic E-state index is 11.9. The molecule has 0 bridgehead atoms. The van der Waals surface area contributed by atoms with Crippen LogP contribution in [0, 0.1) is 0 Å². The number of rotatable bonds is 4. The molecule has 0 fully saturated rings. The van der Waals surface area contributed by atoms with Crippen LogP contribution in [0.5, 0.6) is 0 Å². The summed E-state index contributed by atoms with van der Waals surface area (Å²) in [5, 5.41) is 3.29. The van der Waals surface area contributed by atoms with Gasteiger partial charge in [-0.1, -0.05) is 23.2 Å². The van der Waals surface area contributed by atoms with Crippen LogP contribution in [0.4, 0.5) is 5.69 Å². The second kappa shape index (κ2) is 5.95. The summed E-state index contributed by atoms with van der Waals surface area (Å²) >= 11 is 11.7. The van der Waals surface area contributed by atoms with E-state index in [1.54, 1.807) is 12.5 Å². The van der Waals surface area contributed by atoms with Gasteiger partial charge in [0.05, 0.1) is 22.1 Å². The van der Waals surface area contributed by atoms with Gasteiger partial charge in [-0.2, -0.15) is 0 Å². The quantitative estimate of drug-likeness (QED) is 0.757. The topological polar surface area (TPSA) is 83.8 Å². The lowest BCUT2D eigenvalue weighted by Crippen LogP contribution is -2.25. The number of carbonyl (C=O) groups excluding carboxylic acids is 1. The number of nitrogen functional groups attached to an aromatic ring is 1. The van der Waals surface area contributed by atoms with Crippen LogP contribution in [0.25, 0.3) is 0 Å². The zero-order valence-corrected chi connectivity index (χ0v) is 11.4. The van der Waals surface area contributed by atoms with Crippen molar-refractivity contribution in [1.29, 1.82) is 0 Å². The molecule has 0 saturated carbocycles. The van der Waals surface area contributed by atoms with E-state index < -0.39 is 0 Å². The number of benzene rings is 1. The van der Waals surface area contributed by atoms with Crippen molar-refractivity contribution in [1.82, 2.24) is 15.3 Å². The minimum absolute atomic E-state index is 0.246. The van der Waals surface area contributed by atoms with Gasteiger partial charge in [0.2, 0.25) is 0 Å². The molecule has 1 amide bonds. The highest BCUT2D eigenvalue weighted by atomic mass is 35.5. The SMILES string of the molecule is Nc1cc(C(=O)NCCc2cnc[nH]2)cc(Cl)c1Cl. The summed E-state index contributed by atoms with van der Waals surface area (Å²) in [5.41, 5.74) is 7.28. The van der Waals surface area contributed by atoms with Crippen molar-refractivity contribution in [2.75, 3.05) is 12.3 Å². The smallest absolute Gasteiger partial charge is 0.251 e. The van der Waals surface area contributed by atoms with E-state index in [-0.39, 0.29) is 21.6 Å². The molecular formula is C12H12Cl2N4O. The standard InChI is InChI=1S/C12H12Cl2N4O/c13-9-3-7(4-10(15)11(9)14)12(19)17-2-1-8-5-16-6-18-8/h3-6H,1-2,15H2,(H,16,18)(H,17,19). The van der Waals surface area contributed by atoms with Crippen LogP contribution in [0.3, 0.4) is 0 Å². The van der Waals surface area contributed by atoms with Crippen LogP contribution < -0.4 is 11.1 Å². The summed E-state index contributed by atoms with van der Waals surface area (Å²) in [6.45, 7) is 0.487. The highest BCUT2D eigenvalue weighted by Crippen LogP contribution is 2.29. The molecule has 1 aromatic carbocycles. The number of H-pyrrole nitrogens is 1. The molecule has 0 atom stereocenters. The monoisotopic (exact) mass is 298 g/mol. The van der Waals surface area contributed by atoms with Crippen LogP contribution in [0.2, 0.25) is 10.0 Å². The average Bonchev–Trinajstić information content (AvgIpc) is 2.88. The fourth-order valence-corrected chi connectivity index (χ4v) is 1.91. The van der Waals surface area contributed by atoms with E-state index >= 15 is 0 Å². The Hall–Kier alpha value is -1.72. The molecule has 0 spiro atoms. The number of hydrogen-bond donors (Lipinski definition) is 3. The maximum absolute atomic E-state index is 11.9. The lowest BCUT2D eigenvalue weighted by molar-refractivity contribution is 0.0954. The van der Waals surface area contributed by atoms with Gasteiger partial charge in [0, 0.05) is 30.4 Å². The summed E-state index contributed by atoms with van der Waals surface area (Å²) in [5.74, 6) is -0.246. The van der Waals surface area contributed by atoms with Crippen LogP contribution in [0.15, 0.2) is 24.7 Å². The first-order chi connectivity index (χ1) is 9.08. The summed E-state index contributed by atoms with van der Waals surface area (Å²) < 4.78 is 0. The number of nitrogens with zero attached hydrogens (tertiary/aromatic N) is 1. The van der Waals surface area contributed by atoms with Gasteiger partial charge in [-0.15, -0.1) is 0 Å². The van der Waals surface area contributed by atoms with Crippen molar-refractivity contribution < 1.29 is 4.79 Å². The van der Waals surface area contributed by atoms with Crippen LogP contribution in [0.1, 0.15) is 16.1 Å². The maximum Gasteiger partial charge on any atom is 0.251 e. The second-order valence-electron chi connectivity index (χ2n) is 3.94. The molecule has 0 unspecified atom stereocenters. The number of nitrogens with one attached hydrogen (secondary N) is 2.